The van der Waals surface area contributed by atoms with E-state index in [1.807, 2.05) is 38.9 Å². The van der Waals surface area contributed by atoms with E-state index in [1.165, 1.54) is 0 Å². The minimum atomic E-state index is 0.666. The molecule has 2 N–H and O–H groups in total. The second-order valence-corrected chi connectivity index (χ2v) is 3.39. The van der Waals surface area contributed by atoms with Crippen LogP contribution in [0.1, 0.15) is 13.8 Å². The third-order valence-electron chi connectivity index (χ3n) is 1.86. The van der Waals surface area contributed by atoms with E-state index in [1.54, 1.807) is 0 Å². The van der Waals surface area contributed by atoms with Gasteiger partial charge in [0.25, 0.3) is 0 Å². The number of anilines is 3. The molecule has 1 heterocycles. The second-order valence-electron chi connectivity index (χ2n) is 3.39. The summed E-state index contributed by atoms with van der Waals surface area (Å²) in [5.74, 6) is 2.42. The van der Waals surface area contributed by atoms with Crippen molar-refractivity contribution in [3.05, 3.63) is 6.07 Å². The maximum Gasteiger partial charge on any atom is 0.226 e. The van der Waals surface area contributed by atoms with Crippen LogP contribution in [0.4, 0.5) is 17.6 Å². The first-order valence-electron chi connectivity index (χ1n) is 5.21. The van der Waals surface area contributed by atoms with Crippen LogP contribution in [0.2, 0.25) is 0 Å². The Balaban J connectivity index is 2.97. The molecule has 15 heavy (non-hydrogen) atoms. The molecule has 1 rings (SSSR count). The molecule has 0 fully saturated rings. The summed E-state index contributed by atoms with van der Waals surface area (Å²) in [5, 5.41) is 6.30. The van der Waals surface area contributed by atoms with Crippen LogP contribution in [0.15, 0.2) is 6.07 Å². The van der Waals surface area contributed by atoms with Gasteiger partial charge in [0.1, 0.15) is 11.6 Å². The van der Waals surface area contributed by atoms with Gasteiger partial charge in [0.2, 0.25) is 5.95 Å². The Morgan fingerprint density at radius 1 is 1.13 bits per heavy atom. The molecule has 0 spiro atoms. The molecule has 1 aromatic rings. The van der Waals surface area contributed by atoms with Crippen molar-refractivity contribution in [2.45, 2.75) is 13.8 Å². The van der Waals surface area contributed by atoms with E-state index in [0.29, 0.717) is 5.95 Å². The van der Waals surface area contributed by atoms with Crippen LogP contribution in [0, 0.1) is 0 Å². The van der Waals surface area contributed by atoms with Crippen LogP contribution in [-0.4, -0.2) is 37.2 Å². The number of rotatable bonds is 5. The molecule has 5 nitrogen and oxygen atoms in total. The van der Waals surface area contributed by atoms with Crippen molar-refractivity contribution >= 4 is 17.6 Å². The summed E-state index contributed by atoms with van der Waals surface area (Å²) in [6.45, 7) is 5.75. The highest BCUT2D eigenvalue weighted by atomic mass is 15.2. The Labute approximate surface area is 90.9 Å². The molecule has 0 aliphatic rings. The molecule has 0 bridgehead atoms. The summed E-state index contributed by atoms with van der Waals surface area (Å²) in [4.78, 5) is 10.7. The van der Waals surface area contributed by atoms with Crippen molar-refractivity contribution in [1.29, 1.82) is 0 Å². The molecule has 0 saturated carbocycles. The van der Waals surface area contributed by atoms with E-state index < -0.39 is 0 Å². The highest BCUT2D eigenvalue weighted by molar-refractivity contribution is 5.52. The van der Waals surface area contributed by atoms with Gasteiger partial charge in [-0.15, -0.1) is 0 Å². The zero-order chi connectivity index (χ0) is 11.3. The standard InChI is InChI=1S/C10H19N5/c1-5-11-8-7-9(15(3)4)14-10(13-8)12-6-2/h7H,5-6H2,1-4H3,(H2,11,12,13,14). The SMILES string of the molecule is CCNc1cc(N(C)C)nc(NCC)n1. The fraction of sp³-hybridized carbons (Fsp3) is 0.600. The molecule has 0 aromatic carbocycles. The van der Waals surface area contributed by atoms with E-state index in [9.17, 15) is 0 Å². The number of hydrogen-bond acceptors (Lipinski definition) is 5. The Morgan fingerprint density at radius 2 is 1.80 bits per heavy atom. The van der Waals surface area contributed by atoms with E-state index >= 15 is 0 Å². The summed E-state index contributed by atoms with van der Waals surface area (Å²) in [6.07, 6.45) is 0. The first-order chi connectivity index (χ1) is 7.17. The molecule has 0 unspecified atom stereocenters. The van der Waals surface area contributed by atoms with Crippen molar-refractivity contribution in [2.24, 2.45) is 0 Å². The third-order valence-corrected chi connectivity index (χ3v) is 1.86. The first kappa shape index (κ1) is 11.6. The number of nitrogens with one attached hydrogen (secondary N) is 2. The highest BCUT2D eigenvalue weighted by Gasteiger charge is 2.04. The van der Waals surface area contributed by atoms with Crippen LogP contribution < -0.4 is 15.5 Å². The largest absolute Gasteiger partial charge is 0.370 e. The fourth-order valence-corrected chi connectivity index (χ4v) is 1.17. The van der Waals surface area contributed by atoms with Gasteiger partial charge in [-0.3, -0.25) is 0 Å². The van der Waals surface area contributed by atoms with Gasteiger partial charge in [-0.1, -0.05) is 0 Å². The molecule has 0 amide bonds. The van der Waals surface area contributed by atoms with Gasteiger partial charge in [-0.05, 0) is 13.8 Å². The van der Waals surface area contributed by atoms with E-state index in [2.05, 4.69) is 20.6 Å². The lowest BCUT2D eigenvalue weighted by molar-refractivity contribution is 1.01. The smallest absolute Gasteiger partial charge is 0.226 e. The summed E-state index contributed by atoms with van der Waals surface area (Å²) >= 11 is 0. The van der Waals surface area contributed by atoms with Crippen LogP contribution in [0.3, 0.4) is 0 Å². The Morgan fingerprint density at radius 3 is 2.33 bits per heavy atom. The lowest BCUT2D eigenvalue weighted by Gasteiger charge is -2.14. The monoisotopic (exact) mass is 209 g/mol. The van der Waals surface area contributed by atoms with Crippen LogP contribution in [-0.2, 0) is 0 Å². The molecular formula is C10H19N5. The molecule has 0 aliphatic carbocycles. The Kier molecular flexibility index (Phi) is 4.15. The number of aromatic nitrogens is 2. The molecule has 0 atom stereocenters. The second kappa shape index (κ2) is 5.38. The predicted molar refractivity (Wildman–Crippen MR) is 64.7 cm³/mol. The van der Waals surface area contributed by atoms with Crippen molar-refractivity contribution in [1.82, 2.24) is 9.97 Å². The van der Waals surface area contributed by atoms with E-state index in [0.717, 1.165) is 24.7 Å². The molecule has 0 aliphatic heterocycles. The van der Waals surface area contributed by atoms with Crippen molar-refractivity contribution < 1.29 is 0 Å². The van der Waals surface area contributed by atoms with Gasteiger partial charge in [-0.25, -0.2) is 0 Å². The summed E-state index contributed by atoms with van der Waals surface area (Å²) in [6, 6.07) is 1.93. The zero-order valence-electron chi connectivity index (χ0n) is 9.83. The third kappa shape index (κ3) is 3.27. The van der Waals surface area contributed by atoms with Gasteiger partial charge >= 0.3 is 0 Å². The molecule has 0 radical (unpaired) electrons. The van der Waals surface area contributed by atoms with Crippen molar-refractivity contribution in [2.75, 3.05) is 42.7 Å². The lowest BCUT2D eigenvalue weighted by Crippen LogP contribution is -2.14. The number of nitrogens with zero attached hydrogens (tertiary/aromatic N) is 3. The summed E-state index contributed by atoms with van der Waals surface area (Å²) in [7, 11) is 3.93. The minimum absolute atomic E-state index is 0.666. The zero-order valence-corrected chi connectivity index (χ0v) is 9.83. The van der Waals surface area contributed by atoms with Crippen LogP contribution in [0.5, 0.6) is 0 Å². The van der Waals surface area contributed by atoms with Crippen LogP contribution in [0.25, 0.3) is 0 Å². The summed E-state index contributed by atoms with van der Waals surface area (Å²) < 4.78 is 0. The highest BCUT2D eigenvalue weighted by Crippen LogP contribution is 2.15. The van der Waals surface area contributed by atoms with Gasteiger partial charge in [-0.2, -0.15) is 9.97 Å². The minimum Gasteiger partial charge on any atom is -0.370 e. The van der Waals surface area contributed by atoms with Gasteiger partial charge in [0, 0.05) is 33.3 Å². The normalized spacial score (nSPS) is 9.87. The molecule has 0 saturated heterocycles. The average Bonchev–Trinajstić information content (AvgIpc) is 2.18. The number of hydrogen-bond donors (Lipinski definition) is 2. The Bertz CT molecular complexity index is 286. The van der Waals surface area contributed by atoms with Crippen LogP contribution >= 0.6 is 0 Å². The van der Waals surface area contributed by atoms with E-state index in [-0.39, 0.29) is 0 Å². The fourth-order valence-electron chi connectivity index (χ4n) is 1.17. The van der Waals surface area contributed by atoms with Crippen molar-refractivity contribution in [3.8, 4) is 0 Å². The molecule has 5 heteroatoms. The van der Waals surface area contributed by atoms with Gasteiger partial charge in [0.05, 0.1) is 0 Å². The quantitative estimate of drug-likeness (QED) is 0.768. The van der Waals surface area contributed by atoms with Crippen molar-refractivity contribution in [3.63, 3.8) is 0 Å². The molecule has 1 aromatic heterocycles. The van der Waals surface area contributed by atoms with Gasteiger partial charge < -0.3 is 15.5 Å². The summed E-state index contributed by atoms with van der Waals surface area (Å²) in [5.41, 5.74) is 0. The topological polar surface area (TPSA) is 53.1 Å². The Hall–Kier alpha value is -1.52. The predicted octanol–water partition coefficient (Wildman–Crippen LogP) is 1.41. The molecule has 84 valence electrons. The molecular weight excluding hydrogens is 190 g/mol. The maximum absolute atomic E-state index is 4.37. The van der Waals surface area contributed by atoms with Gasteiger partial charge in [0.15, 0.2) is 0 Å². The average molecular weight is 209 g/mol. The van der Waals surface area contributed by atoms with E-state index in [4.69, 9.17) is 0 Å². The lowest BCUT2D eigenvalue weighted by atomic mass is 10.5. The first-order valence-corrected chi connectivity index (χ1v) is 5.21. The maximum atomic E-state index is 4.37.